The summed E-state index contributed by atoms with van der Waals surface area (Å²) in [7, 11) is 1.53. The minimum atomic E-state index is -4.39. The summed E-state index contributed by atoms with van der Waals surface area (Å²) in [6.07, 6.45) is -4.02. The van der Waals surface area contributed by atoms with Crippen LogP contribution in [0.25, 0.3) is 0 Å². The Hall–Kier alpha value is -3.32. The number of carbonyl (C=O) groups excluding carboxylic acids is 1. The van der Waals surface area contributed by atoms with E-state index in [2.05, 4.69) is 0 Å². The zero-order valence-corrected chi connectivity index (χ0v) is 17.0. The molecule has 0 aliphatic rings. The average molecular weight is 428 g/mol. The summed E-state index contributed by atoms with van der Waals surface area (Å²) in [5.74, 6) is 0.268. The van der Waals surface area contributed by atoms with Crippen molar-refractivity contribution >= 4 is 11.6 Å². The van der Waals surface area contributed by atoms with Crippen LogP contribution in [0.3, 0.4) is 0 Å². The molecule has 0 fully saturated rings. The number of ether oxygens (including phenoxy) is 1. The summed E-state index contributed by atoms with van der Waals surface area (Å²) in [6, 6.07) is 20.1. The van der Waals surface area contributed by atoms with Gasteiger partial charge in [-0.2, -0.15) is 13.2 Å². The van der Waals surface area contributed by atoms with Gasteiger partial charge in [0.25, 0.3) is 0 Å². The first-order valence-corrected chi connectivity index (χ1v) is 9.71. The normalized spacial score (nSPS) is 12.3. The lowest BCUT2D eigenvalue weighted by molar-refractivity contribution is -0.137. The highest BCUT2D eigenvalue weighted by atomic mass is 19.4. The molecular weight excluding hydrogens is 405 g/mol. The van der Waals surface area contributed by atoms with Gasteiger partial charge in [-0.1, -0.05) is 48.5 Å². The fourth-order valence-corrected chi connectivity index (χ4v) is 3.22. The van der Waals surface area contributed by atoms with E-state index in [1.54, 1.807) is 48.5 Å². The second-order valence-corrected chi connectivity index (χ2v) is 7.02. The first-order valence-electron chi connectivity index (χ1n) is 9.71. The SMILES string of the molecule is COc1cccc(N(CCc2ccc(C(F)(F)F)cc2)C(=O)[C@H](N)c2ccccc2)c1. The van der Waals surface area contributed by atoms with Crippen LogP contribution in [0.1, 0.15) is 22.7 Å². The van der Waals surface area contributed by atoms with Crippen LogP contribution in [0.5, 0.6) is 5.75 Å². The molecule has 2 N–H and O–H groups in total. The van der Waals surface area contributed by atoms with Crippen molar-refractivity contribution in [3.05, 3.63) is 95.6 Å². The third kappa shape index (κ3) is 5.64. The largest absolute Gasteiger partial charge is 0.497 e. The van der Waals surface area contributed by atoms with Crippen molar-refractivity contribution in [2.45, 2.75) is 18.6 Å². The van der Waals surface area contributed by atoms with E-state index in [4.69, 9.17) is 10.5 Å². The Kier molecular flexibility index (Phi) is 6.97. The Morgan fingerprint density at radius 3 is 2.29 bits per heavy atom. The molecule has 4 nitrogen and oxygen atoms in total. The quantitative estimate of drug-likeness (QED) is 0.577. The van der Waals surface area contributed by atoms with Crippen molar-refractivity contribution < 1.29 is 22.7 Å². The predicted octanol–water partition coefficient (Wildman–Crippen LogP) is 4.99. The number of benzene rings is 3. The van der Waals surface area contributed by atoms with Gasteiger partial charge in [0.1, 0.15) is 11.8 Å². The minimum Gasteiger partial charge on any atom is -0.497 e. The number of carbonyl (C=O) groups is 1. The van der Waals surface area contributed by atoms with Crippen LogP contribution in [0.15, 0.2) is 78.9 Å². The Balaban J connectivity index is 1.84. The van der Waals surface area contributed by atoms with Gasteiger partial charge in [0.15, 0.2) is 0 Å². The van der Waals surface area contributed by atoms with Gasteiger partial charge in [0.05, 0.1) is 12.7 Å². The summed E-state index contributed by atoms with van der Waals surface area (Å²) in [6.45, 7) is 0.248. The molecule has 0 aromatic heterocycles. The molecule has 3 rings (SSSR count). The zero-order valence-electron chi connectivity index (χ0n) is 17.0. The molecule has 0 bridgehead atoms. The Morgan fingerprint density at radius 1 is 1.00 bits per heavy atom. The van der Waals surface area contributed by atoms with E-state index < -0.39 is 17.8 Å². The second-order valence-electron chi connectivity index (χ2n) is 7.02. The van der Waals surface area contributed by atoms with Crippen LogP contribution in [0.4, 0.5) is 18.9 Å². The minimum absolute atomic E-state index is 0.248. The first-order chi connectivity index (χ1) is 14.8. The van der Waals surface area contributed by atoms with Gasteiger partial charge in [-0.3, -0.25) is 4.79 Å². The van der Waals surface area contributed by atoms with Crippen molar-refractivity contribution in [3.8, 4) is 5.75 Å². The van der Waals surface area contributed by atoms with Gasteiger partial charge in [0, 0.05) is 18.3 Å². The molecule has 31 heavy (non-hydrogen) atoms. The Morgan fingerprint density at radius 2 is 1.68 bits per heavy atom. The van der Waals surface area contributed by atoms with Crippen LogP contribution in [0, 0.1) is 0 Å². The van der Waals surface area contributed by atoms with E-state index >= 15 is 0 Å². The zero-order chi connectivity index (χ0) is 22.4. The van der Waals surface area contributed by atoms with Gasteiger partial charge in [-0.25, -0.2) is 0 Å². The van der Waals surface area contributed by atoms with E-state index in [-0.39, 0.29) is 12.5 Å². The second kappa shape index (κ2) is 9.66. The predicted molar refractivity (Wildman–Crippen MR) is 114 cm³/mol. The number of anilines is 1. The molecule has 0 unspecified atom stereocenters. The lowest BCUT2D eigenvalue weighted by Gasteiger charge is -2.26. The summed E-state index contributed by atoms with van der Waals surface area (Å²) < 4.78 is 43.7. The lowest BCUT2D eigenvalue weighted by Crippen LogP contribution is -2.40. The van der Waals surface area contributed by atoms with Crippen LogP contribution >= 0.6 is 0 Å². The molecule has 3 aromatic rings. The molecule has 1 atom stereocenters. The van der Waals surface area contributed by atoms with E-state index in [1.807, 2.05) is 6.07 Å². The summed E-state index contributed by atoms with van der Waals surface area (Å²) in [5.41, 5.74) is 7.49. The van der Waals surface area contributed by atoms with Gasteiger partial charge >= 0.3 is 6.18 Å². The molecule has 0 saturated heterocycles. The highest BCUT2D eigenvalue weighted by molar-refractivity contribution is 5.97. The lowest BCUT2D eigenvalue weighted by atomic mass is 10.0. The number of methoxy groups -OCH3 is 1. The number of amides is 1. The average Bonchev–Trinajstić information content (AvgIpc) is 2.79. The van der Waals surface area contributed by atoms with Crippen LogP contribution in [-0.2, 0) is 17.4 Å². The van der Waals surface area contributed by atoms with Crippen molar-refractivity contribution in [1.82, 2.24) is 0 Å². The van der Waals surface area contributed by atoms with Gasteiger partial charge in [-0.05, 0) is 41.8 Å². The Labute approximate surface area is 179 Å². The molecule has 0 radical (unpaired) electrons. The fraction of sp³-hybridized carbons (Fsp3) is 0.208. The van der Waals surface area contributed by atoms with Crippen molar-refractivity contribution in [2.75, 3.05) is 18.6 Å². The standard InChI is InChI=1S/C24H23F3N2O2/c1-31-21-9-5-8-20(16-21)29(23(30)22(28)18-6-3-2-4-7-18)15-14-17-10-12-19(13-11-17)24(25,26)27/h2-13,16,22H,14-15,28H2,1H3/t22-/m1/s1. The van der Waals surface area contributed by atoms with Gasteiger partial charge in [-0.15, -0.1) is 0 Å². The third-order valence-corrected chi connectivity index (χ3v) is 4.96. The highest BCUT2D eigenvalue weighted by Gasteiger charge is 2.30. The van der Waals surface area contributed by atoms with Gasteiger partial charge < -0.3 is 15.4 Å². The molecule has 3 aromatic carbocycles. The van der Waals surface area contributed by atoms with Gasteiger partial charge in [0.2, 0.25) is 5.91 Å². The van der Waals surface area contributed by atoms with Crippen LogP contribution < -0.4 is 15.4 Å². The number of alkyl halides is 3. The molecule has 1 amide bonds. The number of halogens is 3. The topological polar surface area (TPSA) is 55.6 Å². The van der Waals surface area contributed by atoms with E-state index in [0.29, 0.717) is 29.0 Å². The maximum absolute atomic E-state index is 13.3. The van der Waals surface area contributed by atoms with E-state index in [0.717, 1.165) is 12.1 Å². The summed E-state index contributed by atoms with van der Waals surface area (Å²) >= 11 is 0. The third-order valence-electron chi connectivity index (χ3n) is 4.96. The van der Waals surface area contributed by atoms with Crippen LogP contribution in [-0.4, -0.2) is 19.6 Å². The summed E-state index contributed by atoms with van der Waals surface area (Å²) in [5, 5.41) is 0. The number of nitrogens with zero attached hydrogens (tertiary/aromatic N) is 1. The molecule has 0 aliphatic carbocycles. The molecule has 0 aliphatic heterocycles. The Bertz CT molecular complexity index is 1010. The first kappa shape index (κ1) is 22.4. The van der Waals surface area contributed by atoms with E-state index in [9.17, 15) is 18.0 Å². The molecule has 7 heteroatoms. The van der Waals surface area contributed by atoms with Crippen molar-refractivity contribution in [3.63, 3.8) is 0 Å². The number of nitrogens with two attached hydrogens (primary N) is 1. The highest BCUT2D eigenvalue weighted by Crippen LogP contribution is 2.29. The van der Waals surface area contributed by atoms with E-state index in [1.165, 1.54) is 24.1 Å². The molecule has 0 spiro atoms. The maximum Gasteiger partial charge on any atom is 0.416 e. The van der Waals surface area contributed by atoms with Crippen molar-refractivity contribution in [1.29, 1.82) is 0 Å². The maximum atomic E-state index is 13.3. The smallest absolute Gasteiger partial charge is 0.416 e. The summed E-state index contributed by atoms with van der Waals surface area (Å²) in [4.78, 5) is 14.8. The van der Waals surface area contributed by atoms with Crippen LogP contribution in [0.2, 0.25) is 0 Å². The number of hydrogen-bond acceptors (Lipinski definition) is 3. The molecule has 162 valence electrons. The fourth-order valence-electron chi connectivity index (χ4n) is 3.22. The van der Waals surface area contributed by atoms with Crippen molar-refractivity contribution in [2.24, 2.45) is 5.73 Å². The number of hydrogen-bond donors (Lipinski definition) is 1. The molecule has 0 heterocycles. The molecular formula is C24H23F3N2O2. The monoisotopic (exact) mass is 428 g/mol. The molecule has 0 saturated carbocycles. The number of rotatable bonds is 7.